The van der Waals surface area contributed by atoms with E-state index in [0.29, 0.717) is 37.7 Å². The van der Waals surface area contributed by atoms with Crippen LogP contribution in [0.25, 0.3) is 22.4 Å². The average Bonchev–Trinajstić information content (AvgIpc) is 2.79. The Labute approximate surface area is 175 Å². The average molecular weight is 403 g/mol. The summed E-state index contributed by atoms with van der Waals surface area (Å²) in [5.41, 5.74) is 12.0. The first-order valence-corrected chi connectivity index (χ1v) is 10.1. The van der Waals surface area contributed by atoms with Crippen molar-refractivity contribution in [1.82, 2.24) is 19.9 Å². The van der Waals surface area contributed by atoms with Gasteiger partial charge in [-0.2, -0.15) is 0 Å². The Balaban J connectivity index is 1.75. The number of benzene rings is 1. The minimum atomic E-state index is 0.0437. The Hall–Kier alpha value is -3.32. The van der Waals surface area contributed by atoms with Gasteiger partial charge < -0.3 is 15.4 Å². The molecule has 154 valence electrons. The molecular formula is C23H25N5O2. The molecule has 4 rings (SSSR count). The molecule has 1 amide bonds. The number of nitrogens with zero attached hydrogens (tertiary/aromatic N) is 4. The van der Waals surface area contributed by atoms with Crippen molar-refractivity contribution in [3.63, 3.8) is 0 Å². The van der Waals surface area contributed by atoms with Crippen LogP contribution in [0.4, 0.5) is 5.82 Å². The molecule has 1 saturated heterocycles. The molecule has 0 radical (unpaired) electrons. The highest BCUT2D eigenvalue weighted by molar-refractivity contribution is 5.96. The van der Waals surface area contributed by atoms with Gasteiger partial charge in [-0.15, -0.1) is 0 Å². The van der Waals surface area contributed by atoms with Crippen molar-refractivity contribution in [1.29, 1.82) is 0 Å². The fourth-order valence-corrected chi connectivity index (χ4v) is 3.75. The number of amides is 1. The summed E-state index contributed by atoms with van der Waals surface area (Å²) in [6.45, 7) is 6.45. The highest BCUT2D eigenvalue weighted by Crippen LogP contribution is 2.33. The molecule has 3 heterocycles. The molecule has 1 aliphatic heterocycles. The topological polar surface area (TPSA) is 94.2 Å². The van der Waals surface area contributed by atoms with Crippen LogP contribution in [0.1, 0.15) is 28.5 Å². The second kappa shape index (κ2) is 8.59. The summed E-state index contributed by atoms with van der Waals surface area (Å²) in [4.78, 5) is 28.0. The number of carbonyl (C=O) groups excluding carboxylic acids is 1. The van der Waals surface area contributed by atoms with Crippen LogP contribution in [0.5, 0.6) is 0 Å². The number of nitrogens with two attached hydrogens (primary N) is 1. The minimum Gasteiger partial charge on any atom is -0.384 e. The van der Waals surface area contributed by atoms with Crippen molar-refractivity contribution < 1.29 is 9.53 Å². The summed E-state index contributed by atoms with van der Waals surface area (Å²) >= 11 is 0. The van der Waals surface area contributed by atoms with E-state index in [1.807, 2.05) is 36.1 Å². The summed E-state index contributed by atoms with van der Waals surface area (Å²) in [7, 11) is 0. The maximum atomic E-state index is 12.9. The molecule has 7 nitrogen and oxygen atoms in total. The third kappa shape index (κ3) is 3.89. The number of nitrogen functional groups attached to an aromatic ring is 1. The van der Waals surface area contributed by atoms with Gasteiger partial charge in [0.2, 0.25) is 0 Å². The van der Waals surface area contributed by atoms with Gasteiger partial charge >= 0.3 is 0 Å². The first-order chi connectivity index (χ1) is 14.6. The lowest BCUT2D eigenvalue weighted by molar-refractivity contribution is 0.0302. The molecule has 3 aromatic rings. The normalized spacial score (nSPS) is 14.0. The minimum absolute atomic E-state index is 0.0437. The Bertz CT molecular complexity index is 1060. The molecule has 0 atom stereocenters. The van der Waals surface area contributed by atoms with Gasteiger partial charge in [0.15, 0.2) is 0 Å². The molecule has 30 heavy (non-hydrogen) atoms. The predicted octanol–water partition coefficient (Wildman–Crippen LogP) is 3.13. The maximum Gasteiger partial charge on any atom is 0.254 e. The number of pyridine rings is 1. The third-order valence-electron chi connectivity index (χ3n) is 5.36. The van der Waals surface area contributed by atoms with Crippen molar-refractivity contribution in [3.05, 3.63) is 59.7 Å². The van der Waals surface area contributed by atoms with Crippen LogP contribution in [0.15, 0.2) is 42.9 Å². The fraction of sp³-hybridized carbons (Fsp3) is 0.304. The van der Waals surface area contributed by atoms with Crippen LogP contribution in [0, 0.1) is 6.92 Å². The van der Waals surface area contributed by atoms with Crippen molar-refractivity contribution in [2.24, 2.45) is 0 Å². The molecule has 0 unspecified atom stereocenters. The lowest BCUT2D eigenvalue weighted by Crippen LogP contribution is -2.40. The van der Waals surface area contributed by atoms with Gasteiger partial charge in [0.1, 0.15) is 12.1 Å². The van der Waals surface area contributed by atoms with Crippen LogP contribution in [-0.2, 0) is 11.2 Å². The molecule has 2 aromatic heterocycles. The summed E-state index contributed by atoms with van der Waals surface area (Å²) in [6, 6.07) is 9.58. The zero-order valence-electron chi connectivity index (χ0n) is 17.3. The first kappa shape index (κ1) is 20.0. The number of rotatable bonds is 4. The van der Waals surface area contributed by atoms with Crippen LogP contribution >= 0.6 is 0 Å². The van der Waals surface area contributed by atoms with Crippen molar-refractivity contribution in [2.75, 3.05) is 32.0 Å². The molecule has 1 fully saturated rings. The Morgan fingerprint density at radius 1 is 1.10 bits per heavy atom. The smallest absolute Gasteiger partial charge is 0.254 e. The SMILES string of the molecule is CCc1ncnc(-c2ccc(C(=O)N3CCOCC3)c(C)c2)c1-c1ccc(N)nc1. The molecular weight excluding hydrogens is 378 g/mol. The summed E-state index contributed by atoms with van der Waals surface area (Å²) in [5, 5.41) is 0. The quantitative estimate of drug-likeness (QED) is 0.719. The summed E-state index contributed by atoms with van der Waals surface area (Å²) < 4.78 is 5.36. The van der Waals surface area contributed by atoms with Crippen LogP contribution < -0.4 is 5.73 Å². The number of aromatic nitrogens is 3. The van der Waals surface area contributed by atoms with Gasteiger partial charge in [-0.1, -0.05) is 13.0 Å². The van der Waals surface area contributed by atoms with E-state index < -0.39 is 0 Å². The second-order valence-electron chi connectivity index (χ2n) is 7.30. The lowest BCUT2D eigenvalue weighted by atomic mass is 9.95. The Morgan fingerprint density at radius 3 is 2.53 bits per heavy atom. The van der Waals surface area contributed by atoms with Crippen molar-refractivity contribution >= 4 is 11.7 Å². The first-order valence-electron chi connectivity index (χ1n) is 10.1. The van der Waals surface area contributed by atoms with E-state index in [4.69, 9.17) is 10.5 Å². The maximum absolute atomic E-state index is 12.9. The van der Waals surface area contributed by atoms with Gasteiger partial charge in [-0.3, -0.25) is 4.79 Å². The molecule has 1 aliphatic rings. The number of anilines is 1. The van der Waals surface area contributed by atoms with Crippen LogP contribution in [0.2, 0.25) is 0 Å². The lowest BCUT2D eigenvalue weighted by Gasteiger charge is -2.27. The summed E-state index contributed by atoms with van der Waals surface area (Å²) in [6.07, 6.45) is 4.10. The highest BCUT2D eigenvalue weighted by Gasteiger charge is 2.21. The van der Waals surface area contributed by atoms with Crippen LogP contribution in [-0.4, -0.2) is 52.1 Å². The molecule has 0 spiro atoms. The van der Waals surface area contributed by atoms with E-state index in [2.05, 4.69) is 21.9 Å². The van der Waals surface area contributed by atoms with E-state index in [1.165, 1.54) is 0 Å². The monoisotopic (exact) mass is 403 g/mol. The Kier molecular flexibility index (Phi) is 5.72. The predicted molar refractivity (Wildman–Crippen MR) is 116 cm³/mol. The second-order valence-corrected chi connectivity index (χ2v) is 7.30. The van der Waals surface area contributed by atoms with Crippen molar-refractivity contribution in [3.8, 4) is 22.4 Å². The largest absolute Gasteiger partial charge is 0.384 e. The molecule has 0 bridgehead atoms. The zero-order valence-corrected chi connectivity index (χ0v) is 17.3. The number of morpholine rings is 1. The number of carbonyl (C=O) groups is 1. The Morgan fingerprint density at radius 2 is 1.87 bits per heavy atom. The molecule has 0 saturated carbocycles. The molecule has 2 N–H and O–H groups in total. The van der Waals surface area contributed by atoms with E-state index in [0.717, 1.165) is 40.1 Å². The molecule has 0 aliphatic carbocycles. The van der Waals surface area contributed by atoms with E-state index in [-0.39, 0.29) is 5.91 Å². The number of hydrogen-bond acceptors (Lipinski definition) is 6. The van der Waals surface area contributed by atoms with Gasteiger partial charge in [-0.05, 0) is 43.2 Å². The summed E-state index contributed by atoms with van der Waals surface area (Å²) in [5.74, 6) is 0.513. The van der Waals surface area contributed by atoms with E-state index in [1.54, 1.807) is 18.6 Å². The van der Waals surface area contributed by atoms with E-state index >= 15 is 0 Å². The standard InChI is InChI=1S/C23H25N5O2/c1-3-19-21(17-5-7-20(24)25-13-17)22(27-14-26-19)16-4-6-18(15(2)12-16)23(29)28-8-10-30-11-9-28/h4-7,12-14H,3,8-11H2,1-2H3,(H2,24,25). The van der Waals surface area contributed by atoms with Crippen LogP contribution in [0.3, 0.4) is 0 Å². The fourth-order valence-electron chi connectivity index (χ4n) is 3.75. The van der Waals surface area contributed by atoms with Gasteiger partial charge in [0, 0.05) is 41.5 Å². The zero-order chi connectivity index (χ0) is 21.1. The van der Waals surface area contributed by atoms with E-state index in [9.17, 15) is 4.79 Å². The number of hydrogen-bond donors (Lipinski definition) is 1. The molecule has 7 heteroatoms. The number of ether oxygens (including phenoxy) is 1. The van der Waals surface area contributed by atoms with Gasteiger partial charge in [0.25, 0.3) is 5.91 Å². The number of aryl methyl sites for hydroxylation is 2. The van der Waals surface area contributed by atoms with Crippen molar-refractivity contribution in [2.45, 2.75) is 20.3 Å². The third-order valence-corrected chi connectivity index (χ3v) is 5.36. The van der Waals surface area contributed by atoms with Gasteiger partial charge in [0.05, 0.1) is 24.6 Å². The highest BCUT2D eigenvalue weighted by atomic mass is 16.5. The molecule has 1 aromatic carbocycles. The van der Waals surface area contributed by atoms with Gasteiger partial charge in [-0.25, -0.2) is 15.0 Å².